The van der Waals surface area contributed by atoms with E-state index in [1.54, 1.807) is 13.3 Å². The number of aromatic nitrogens is 1. The maximum atomic E-state index is 11.0. The molecule has 32 heavy (non-hydrogen) atoms. The molecule has 168 valence electrons. The summed E-state index contributed by atoms with van der Waals surface area (Å²) in [5, 5.41) is 6.50. The highest BCUT2D eigenvalue weighted by molar-refractivity contribution is 5.98. The molecule has 2 aliphatic rings. The Hall–Kier alpha value is -3.22. The number of hydrogen-bond donors (Lipinski definition) is 1. The van der Waals surface area contributed by atoms with Gasteiger partial charge in [-0.05, 0) is 60.6 Å². The minimum Gasteiger partial charge on any atom is -0.496 e. The number of pyridine rings is 1. The van der Waals surface area contributed by atoms with Crippen molar-refractivity contribution >= 4 is 11.5 Å². The van der Waals surface area contributed by atoms with Crippen molar-refractivity contribution in [3.8, 4) is 5.75 Å². The summed E-state index contributed by atoms with van der Waals surface area (Å²) in [4.78, 5) is 22.8. The molecule has 7 nitrogen and oxygen atoms in total. The summed E-state index contributed by atoms with van der Waals surface area (Å²) in [7, 11) is 1.74. The number of nitroso groups, excluding NO2 is 1. The molecule has 1 N–H and O–H groups in total. The zero-order valence-corrected chi connectivity index (χ0v) is 19.0. The van der Waals surface area contributed by atoms with Gasteiger partial charge in [0, 0.05) is 30.7 Å². The van der Waals surface area contributed by atoms with E-state index in [9.17, 15) is 4.91 Å². The van der Waals surface area contributed by atoms with Gasteiger partial charge >= 0.3 is 0 Å². The van der Waals surface area contributed by atoms with Crippen LogP contribution in [0.2, 0.25) is 0 Å². The average Bonchev–Trinajstić information content (AvgIpc) is 2.86. The number of benzene rings is 1. The maximum absolute atomic E-state index is 11.0. The van der Waals surface area contributed by atoms with E-state index in [-0.39, 0.29) is 18.6 Å². The maximum Gasteiger partial charge on any atom is 0.151 e. The summed E-state index contributed by atoms with van der Waals surface area (Å²) in [6, 6.07) is 10.4. The van der Waals surface area contributed by atoms with Crippen LogP contribution in [0.1, 0.15) is 43.5 Å². The quantitative estimate of drug-likeness (QED) is 0.630. The van der Waals surface area contributed by atoms with Crippen molar-refractivity contribution in [2.24, 2.45) is 10.2 Å². The van der Waals surface area contributed by atoms with Gasteiger partial charge in [0.15, 0.2) is 5.84 Å². The van der Waals surface area contributed by atoms with Crippen molar-refractivity contribution < 1.29 is 4.74 Å². The van der Waals surface area contributed by atoms with Gasteiger partial charge in [0.1, 0.15) is 11.4 Å². The van der Waals surface area contributed by atoms with E-state index < -0.39 is 0 Å². The van der Waals surface area contributed by atoms with E-state index in [0.29, 0.717) is 6.42 Å². The van der Waals surface area contributed by atoms with Crippen LogP contribution in [0, 0.1) is 4.91 Å². The van der Waals surface area contributed by atoms with Gasteiger partial charge in [0.25, 0.3) is 0 Å². The molecule has 1 fully saturated rings. The predicted molar refractivity (Wildman–Crippen MR) is 129 cm³/mol. The van der Waals surface area contributed by atoms with Crippen LogP contribution in [0.5, 0.6) is 5.75 Å². The molecule has 2 aliphatic heterocycles. The van der Waals surface area contributed by atoms with Crippen LogP contribution < -0.4 is 15.0 Å². The van der Waals surface area contributed by atoms with Crippen LogP contribution in [0.25, 0.3) is 0 Å². The third-order valence-electron chi connectivity index (χ3n) is 6.42. The van der Waals surface area contributed by atoms with E-state index in [0.717, 1.165) is 48.8 Å². The minimum absolute atomic E-state index is 0.0508. The van der Waals surface area contributed by atoms with Gasteiger partial charge in [0.2, 0.25) is 0 Å². The Kier molecular flexibility index (Phi) is 6.83. The zero-order chi connectivity index (χ0) is 22.5. The second kappa shape index (κ2) is 9.94. The number of rotatable bonds is 8. The molecule has 0 bridgehead atoms. The van der Waals surface area contributed by atoms with Crippen LogP contribution in [0.15, 0.2) is 58.5 Å². The highest BCUT2D eigenvalue weighted by Crippen LogP contribution is 2.37. The molecule has 1 aromatic carbocycles. The van der Waals surface area contributed by atoms with Crippen LogP contribution in [-0.2, 0) is 12.8 Å². The van der Waals surface area contributed by atoms with Crippen molar-refractivity contribution in [3.05, 3.63) is 70.0 Å². The van der Waals surface area contributed by atoms with Crippen molar-refractivity contribution in [1.82, 2.24) is 10.3 Å². The first-order chi connectivity index (χ1) is 15.7. The first-order valence-electron chi connectivity index (χ1n) is 11.4. The molecular weight excluding hydrogens is 402 g/mol. The number of piperidine rings is 1. The molecule has 3 heterocycles. The van der Waals surface area contributed by atoms with Crippen LogP contribution >= 0.6 is 0 Å². The number of amidine groups is 1. The van der Waals surface area contributed by atoms with Crippen molar-refractivity contribution in [3.63, 3.8) is 0 Å². The molecule has 4 rings (SSSR count). The Morgan fingerprint density at radius 2 is 2.12 bits per heavy atom. The Bertz CT molecular complexity index is 993. The minimum atomic E-state index is 0.0508. The fraction of sp³-hybridized carbons (Fsp3) is 0.440. The Morgan fingerprint density at radius 1 is 1.25 bits per heavy atom. The number of nitrogens with zero attached hydrogens (tertiary/aromatic N) is 4. The topological polar surface area (TPSA) is 79.2 Å². The Balaban J connectivity index is 1.67. The average molecular weight is 434 g/mol. The lowest BCUT2D eigenvalue weighted by Gasteiger charge is -2.43. The standard InChI is InChI=1S/C25H31N5O2/c1-4-17-14-18(15-24(32-3)19(17)5-2)30-13-10-21-20(23(30)9-12-28-31)16-27-25(29-21)22-8-6-7-11-26-22/h6-8,11,14-16,21,23H,4-5,9-10,12-13H2,1-3H3,(H,27,29). The molecule has 1 aromatic heterocycles. The molecule has 2 unspecified atom stereocenters. The van der Waals surface area contributed by atoms with Crippen LogP contribution in [0.3, 0.4) is 0 Å². The fourth-order valence-corrected chi connectivity index (χ4v) is 4.86. The molecule has 7 heteroatoms. The molecule has 0 aliphatic carbocycles. The Morgan fingerprint density at radius 3 is 2.81 bits per heavy atom. The summed E-state index contributed by atoms with van der Waals surface area (Å²) in [5.41, 5.74) is 5.73. The number of fused-ring (bicyclic) bond motifs is 1. The second-order valence-corrected chi connectivity index (χ2v) is 8.13. The van der Waals surface area contributed by atoms with E-state index in [1.165, 1.54) is 16.7 Å². The molecule has 0 amide bonds. The van der Waals surface area contributed by atoms with Gasteiger partial charge in [-0.3, -0.25) is 9.98 Å². The highest BCUT2D eigenvalue weighted by atomic mass is 16.5. The third-order valence-corrected chi connectivity index (χ3v) is 6.42. The van der Waals surface area contributed by atoms with Crippen molar-refractivity contribution in [2.45, 2.75) is 51.6 Å². The lowest BCUT2D eigenvalue weighted by molar-refractivity contribution is 0.408. The monoisotopic (exact) mass is 433 g/mol. The largest absolute Gasteiger partial charge is 0.496 e. The smallest absolute Gasteiger partial charge is 0.151 e. The first-order valence-corrected chi connectivity index (χ1v) is 11.4. The number of aliphatic imine (C=N–C) groups is 1. The van der Waals surface area contributed by atoms with E-state index in [1.807, 2.05) is 18.2 Å². The summed E-state index contributed by atoms with van der Waals surface area (Å²) >= 11 is 0. The molecule has 0 radical (unpaired) electrons. The van der Waals surface area contributed by atoms with Gasteiger partial charge in [-0.25, -0.2) is 0 Å². The normalized spacial score (nSPS) is 20.0. The first kappa shape index (κ1) is 22.0. The lowest BCUT2D eigenvalue weighted by Crippen LogP contribution is -2.49. The third kappa shape index (κ3) is 4.24. The van der Waals surface area contributed by atoms with Gasteiger partial charge in [-0.2, -0.15) is 4.91 Å². The SMILES string of the molecule is CCc1cc(N2CCC3N=C(c4ccccn4)NC=C3C2CCN=O)cc(OC)c1CC. The van der Waals surface area contributed by atoms with E-state index in [2.05, 4.69) is 52.6 Å². The molecule has 0 spiro atoms. The number of anilines is 1. The van der Waals surface area contributed by atoms with Gasteiger partial charge < -0.3 is 15.0 Å². The number of methoxy groups -OCH3 is 1. The highest BCUT2D eigenvalue weighted by Gasteiger charge is 2.35. The molecule has 0 saturated carbocycles. The van der Waals surface area contributed by atoms with Crippen LogP contribution in [-0.4, -0.2) is 43.1 Å². The summed E-state index contributed by atoms with van der Waals surface area (Å²) < 4.78 is 5.75. The summed E-state index contributed by atoms with van der Waals surface area (Å²) in [5.74, 6) is 1.73. The van der Waals surface area contributed by atoms with Crippen molar-refractivity contribution in [1.29, 1.82) is 0 Å². The Labute approximate surface area is 189 Å². The number of nitrogens with one attached hydrogen (secondary N) is 1. The summed E-state index contributed by atoms with van der Waals surface area (Å²) in [6.07, 6.45) is 7.27. The van der Waals surface area contributed by atoms with Gasteiger partial charge in [-0.1, -0.05) is 25.1 Å². The molecule has 2 atom stereocenters. The van der Waals surface area contributed by atoms with E-state index in [4.69, 9.17) is 9.73 Å². The fourth-order valence-electron chi connectivity index (χ4n) is 4.86. The van der Waals surface area contributed by atoms with Gasteiger partial charge in [-0.15, -0.1) is 0 Å². The van der Waals surface area contributed by atoms with Crippen molar-refractivity contribution in [2.75, 3.05) is 25.1 Å². The predicted octanol–water partition coefficient (Wildman–Crippen LogP) is 4.25. The molecule has 2 aromatic rings. The number of aryl methyl sites for hydroxylation is 1. The lowest BCUT2D eigenvalue weighted by atomic mass is 9.87. The zero-order valence-electron chi connectivity index (χ0n) is 19.0. The van der Waals surface area contributed by atoms with Crippen LogP contribution in [0.4, 0.5) is 5.69 Å². The second-order valence-electron chi connectivity index (χ2n) is 8.13. The van der Waals surface area contributed by atoms with E-state index >= 15 is 0 Å². The number of ether oxygens (including phenoxy) is 1. The molecule has 1 saturated heterocycles. The molecular formula is C25H31N5O2. The van der Waals surface area contributed by atoms with Gasteiger partial charge in [0.05, 0.1) is 25.7 Å². The summed E-state index contributed by atoms with van der Waals surface area (Å²) in [6.45, 7) is 5.46. The number of hydrogen-bond acceptors (Lipinski definition) is 7.